The van der Waals surface area contributed by atoms with Gasteiger partial charge in [0.2, 0.25) is 0 Å². The lowest BCUT2D eigenvalue weighted by molar-refractivity contribution is 0.0745. The number of likely N-dealkylation sites (tertiary alicyclic amines) is 1. The molecule has 4 rings (SSSR count). The first-order valence-electron chi connectivity index (χ1n) is 9.42. The molecule has 0 radical (unpaired) electrons. The molecule has 7 nitrogen and oxygen atoms in total. The van der Waals surface area contributed by atoms with Gasteiger partial charge in [-0.2, -0.15) is 5.10 Å². The largest absolute Gasteiger partial charge is 0.463 e. The van der Waals surface area contributed by atoms with Gasteiger partial charge in [-0.15, -0.1) is 0 Å². The highest BCUT2D eigenvalue weighted by Gasteiger charge is 2.33. The second kappa shape index (κ2) is 6.81. The average molecular weight is 367 g/mol. The third-order valence-corrected chi connectivity index (χ3v) is 5.32. The Morgan fingerprint density at radius 3 is 2.89 bits per heavy atom. The summed E-state index contributed by atoms with van der Waals surface area (Å²) in [6, 6.07) is 5.79. The molecule has 7 heteroatoms. The number of aromatic nitrogens is 3. The zero-order valence-electron chi connectivity index (χ0n) is 15.9. The Bertz CT molecular complexity index is 960. The summed E-state index contributed by atoms with van der Waals surface area (Å²) in [5.74, 6) is 0.989. The molecule has 1 fully saturated rings. The van der Waals surface area contributed by atoms with Crippen LogP contribution in [0.25, 0.3) is 22.5 Å². The lowest BCUT2D eigenvalue weighted by atomic mass is 10.1. The molecule has 1 saturated heterocycles. The minimum atomic E-state index is 0.00182. The fourth-order valence-corrected chi connectivity index (χ4v) is 3.87. The zero-order chi connectivity index (χ0) is 19.1. The monoisotopic (exact) mass is 367 g/mol. The molecule has 2 N–H and O–H groups in total. The van der Waals surface area contributed by atoms with E-state index in [9.17, 15) is 4.79 Å². The Morgan fingerprint density at radius 1 is 1.44 bits per heavy atom. The Balaban J connectivity index is 1.85. The summed E-state index contributed by atoms with van der Waals surface area (Å²) in [4.78, 5) is 20.1. The van der Waals surface area contributed by atoms with Crippen molar-refractivity contribution in [3.05, 3.63) is 36.2 Å². The third kappa shape index (κ3) is 3.02. The van der Waals surface area contributed by atoms with Gasteiger partial charge in [0, 0.05) is 18.6 Å². The minimum absolute atomic E-state index is 0.00182. The van der Waals surface area contributed by atoms with Crippen molar-refractivity contribution in [3.8, 4) is 11.5 Å². The Hall–Kier alpha value is -2.67. The zero-order valence-corrected chi connectivity index (χ0v) is 15.9. The molecule has 2 unspecified atom stereocenters. The van der Waals surface area contributed by atoms with Gasteiger partial charge in [0.1, 0.15) is 5.69 Å². The molecular weight excluding hydrogens is 342 g/mol. The minimum Gasteiger partial charge on any atom is -0.463 e. The normalized spacial score (nSPS) is 20.1. The standard InChI is InChI=1S/C20H25N5O2/c1-12(2)25-19-16(10-22-25)15(8-17(23-19)18-5-4-6-27-18)20(26)24-11-14(9-21)7-13(24)3/h4-6,8,10,12-14H,7,9,11,21H2,1-3H3. The molecule has 1 aliphatic rings. The molecule has 27 heavy (non-hydrogen) atoms. The number of hydrogen-bond acceptors (Lipinski definition) is 5. The molecule has 0 bridgehead atoms. The van der Waals surface area contributed by atoms with E-state index in [1.807, 2.05) is 41.6 Å². The van der Waals surface area contributed by atoms with Gasteiger partial charge in [-0.1, -0.05) is 0 Å². The number of carbonyl (C=O) groups is 1. The van der Waals surface area contributed by atoms with Crippen LogP contribution in [-0.4, -0.2) is 44.7 Å². The van der Waals surface area contributed by atoms with Crippen LogP contribution in [0.4, 0.5) is 0 Å². The predicted molar refractivity (Wildman–Crippen MR) is 103 cm³/mol. The SMILES string of the molecule is CC1CC(CN)CN1C(=O)c1cc(-c2ccco2)nc2c1cnn2C(C)C. The second-order valence-electron chi connectivity index (χ2n) is 7.60. The van der Waals surface area contributed by atoms with E-state index in [1.165, 1.54) is 0 Å². The predicted octanol–water partition coefficient (Wildman–Crippen LogP) is 3.08. The smallest absolute Gasteiger partial charge is 0.254 e. The summed E-state index contributed by atoms with van der Waals surface area (Å²) in [5.41, 5.74) is 7.79. The van der Waals surface area contributed by atoms with Gasteiger partial charge in [-0.05, 0) is 57.9 Å². The van der Waals surface area contributed by atoms with Crippen LogP contribution in [0, 0.1) is 5.92 Å². The number of carbonyl (C=O) groups excluding carboxylic acids is 1. The van der Waals surface area contributed by atoms with Gasteiger partial charge in [0.25, 0.3) is 5.91 Å². The van der Waals surface area contributed by atoms with Crippen LogP contribution in [-0.2, 0) is 0 Å². The number of nitrogens with two attached hydrogens (primary N) is 1. The first-order valence-corrected chi connectivity index (χ1v) is 9.42. The van der Waals surface area contributed by atoms with Crippen molar-refractivity contribution in [2.24, 2.45) is 11.7 Å². The third-order valence-electron chi connectivity index (χ3n) is 5.32. The summed E-state index contributed by atoms with van der Waals surface area (Å²) in [7, 11) is 0. The van der Waals surface area contributed by atoms with Gasteiger partial charge in [0.05, 0.1) is 23.4 Å². The molecule has 3 aromatic heterocycles. The van der Waals surface area contributed by atoms with Gasteiger partial charge < -0.3 is 15.1 Å². The molecule has 0 aliphatic carbocycles. The quantitative estimate of drug-likeness (QED) is 0.765. The van der Waals surface area contributed by atoms with Crippen molar-refractivity contribution in [2.75, 3.05) is 13.1 Å². The first kappa shape index (κ1) is 17.7. The Morgan fingerprint density at radius 2 is 2.26 bits per heavy atom. The van der Waals surface area contributed by atoms with Crippen molar-refractivity contribution in [3.63, 3.8) is 0 Å². The van der Waals surface area contributed by atoms with E-state index in [1.54, 1.807) is 12.5 Å². The summed E-state index contributed by atoms with van der Waals surface area (Å²) in [6.07, 6.45) is 4.28. The van der Waals surface area contributed by atoms with Crippen LogP contribution in [0.15, 0.2) is 35.1 Å². The number of hydrogen-bond donors (Lipinski definition) is 1. The molecule has 1 amide bonds. The van der Waals surface area contributed by atoms with Crippen LogP contribution in [0.3, 0.4) is 0 Å². The number of rotatable bonds is 4. The van der Waals surface area contributed by atoms with E-state index in [-0.39, 0.29) is 18.0 Å². The lowest BCUT2D eigenvalue weighted by Gasteiger charge is -2.22. The topological polar surface area (TPSA) is 90.2 Å². The van der Waals surface area contributed by atoms with Crippen molar-refractivity contribution >= 4 is 16.9 Å². The molecule has 4 heterocycles. The maximum Gasteiger partial charge on any atom is 0.254 e. The van der Waals surface area contributed by atoms with E-state index < -0.39 is 0 Å². The van der Waals surface area contributed by atoms with E-state index in [0.717, 1.165) is 11.8 Å². The maximum absolute atomic E-state index is 13.4. The average Bonchev–Trinajstić information content (AvgIpc) is 3.38. The van der Waals surface area contributed by atoms with Crippen molar-refractivity contribution in [1.29, 1.82) is 0 Å². The number of nitrogens with zero attached hydrogens (tertiary/aromatic N) is 4. The van der Waals surface area contributed by atoms with Gasteiger partial charge in [0.15, 0.2) is 11.4 Å². The second-order valence-corrected chi connectivity index (χ2v) is 7.60. The van der Waals surface area contributed by atoms with Crippen LogP contribution in [0.5, 0.6) is 0 Å². The van der Waals surface area contributed by atoms with E-state index in [0.29, 0.717) is 41.7 Å². The number of amides is 1. The molecule has 0 aromatic carbocycles. The summed E-state index contributed by atoms with van der Waals surface area (Å²) >= 11 is 0. The highest BCUT2D eigenvalue weighted by molar-refractivity contribution is 6.06. The number of furan rings is 1. The van der Waals surface area contributed by atoms with Crippen LogP contribution < -0.4 is 5.73 Å². The molecular formula is C20H25N5O2. The van der Waals surface area contributed by atoms with Crippen molar-refractivity contribution < 1.29 is 9.21 Å². The molecule has 1 aliphatic heterocycles. The van der Waals surface area contributed by atoms with Gasteiger partial charge in [-0.3, -0.25) is 4.79 Å². The van der Waals surface area contributed by atoms with E-state index in [2.05, 4.69) is 12.0 Å². The fourth-order valence-electron chi connectivity index (χ4n) is 3.87. The summed E-state index contributed by atoms with van der Waals surface area (Å²) in [6.45, 7) is 7.46. The molecule has 142 valence electrons. The Labute approximate surface area is 158 Å². The van der Waals surface area contributed by atoms with Gasteiger partial charge >= 0.3 is 0 Å². The van der Waals surface area contributed by atoms with Crippen LogP contribution >= 0.6 is 0 Å². The highest BCUT2D eigenvalue weighted by atomic mass is 16.3. The van der Waals surface area contributed by atoms with Gasteiger partial charge in [-0.25, -0.2) is 9.67 Å². The molecule has 2 atom stereocenters. The highest BCUT2D eigenvalue weighted by Crippen LogP contribution is 2.30. The Kier molecular flexibility index (Phi) is 4.47. The van der Waals surface area contributed by atoms with Crippen LogP contribution in [0.2, 0.25) is 0 Å². The molecule has 3 aromatic rings. The van der Waals surface area contributed by atoms with Crippen molar-refractivity contribution in [1.82, 2.24) is 19.7 Å². The van der Waals surface area contributed by atoms with E-state index in [4.69, 9.17) is 15.1 Å². The maximum atomic E-state index is 13.4. The number of pyridine rings is 1. The summed E-state index contributed by atoms with van der Waals surface area (Å²) < 4.78 is 7.37. The summed E-state index contributed by atoms with van der Waals surface area (Å²) in [5, 5.41) is 5.24. The first-order chi connectivity index (χ1) is 13.0. The van der Waals surface area contributed by atoms with E-state index >= 15 is 0 Å². The van der Waals surface area contributed by atoms with Crippen molar-refractivity contribution in [2.45, 2.75) is 39.3 Å². The molecule has 0 spiro atoms. The number of fused-ring (bicyclic) bond motifs is 1. The fraction of sp³-hybridized carbons (Fsp3) is 0.450. The van der Waals surface area contributed by atoms with Crippen LogP contribution in [0.1, 0.15) is 43.6 Å². The lowest BCUT2D eigenvalue weighted by Crippen LogP contribution is -2.34. The molecule has 0 saturated carbocycles.